The summed E-state index contributed by atoms with van der Waals surface area (Å²) in [4.78, 5) is 12.5. The third kappa shape index (κ3) is 3.97. The van der Waals surface area contributed by atoms with Crippen LogP contribution in [0.2, 0.25) is 0 Å². The number of aryl methyl sites for hydroxylation is 1. The first-order chi connectivity index (χ1) is 10.6. The van der Waals surface area contributed by atoms with Gasteiger partial charge >= 0.3 is 0 Å². The number of hydrogen-bond donors (Lipinski definition) is 1. The first-order valence-corrected chi connectivity index (χ1v) is 7.25. The molecule has 0 aliphatic heterocycles. The number of hydrogen-bond acceptors (Lipinski definition) is 4. The van der Waals surface area contributed by atoms with Crippen molar-refractivity contribution in [3.05, 3.63) is 54.2 Å². The summed E-state index contributed by atoms with van der Waals surface area (Å²) in [6, 6.07) is 8.93. The van der Waals surface area contributed by atoms with Crippen LogP contribution in [0.5, 0.6) is 0 Å². The predicted octanol–water partition coefficient (Wildman–Crippen LogP) is 4.63. The van der Waals surface area contributed by atoms with Gasteiger partial charge in [-0.2, -0.15) is 0 Å². The fourth-order valence-electron chi connectivity index (χ4n) is 1.80. The Morgan fingerprint density at radius 3 is 2.64 bits per heavy atom. The molecule has 114 valence electrons. The van der Waals surface area contributed by atoms with Crippen molar-refractivity contribution in [1.29, 1.82) is 0 Å². The molecule has 0 saturated heterocycles. The van der Waals surface area contributed by atoms with Crippen LogP contribution in [0.3, 0.4) is 0 Å². The summed E-state index contributed by atoms with van der Waals surface area (Å²) in [6.45, 7) is 6.06. The molecule has 3 heterocycles. The van der Waals surface area contributed by atoms with Gasteiger partial charge < -0.3 is 5.32 Å². The Bertz CT molecular complexity index is 758. The van der Waals surface area contributed by atoms with Gasteiger partial charge in [-0.25, -0.2) is 9.37 Å². The second-order valence-corrected chi connectivity index (χ2v) is 4.88. The van der Waals surface area contributed by atoms with Crippen LogP contribution in [0.15, 0.2) is 42.7 Å². The molecule has 0 aliphatic rings. The highest BCUT2D eigenvalue weighted by molar-refractivity contribution is 5.76. The average Bonchev–Trinajstić information content (AvgIpc) is 2.52. The molecule has 3 aromatic rings. The Morgan fingerprint density at radius 1 is 1.09 bits per heavy atom. The zero-order valence-corrected chi connectivity index (χ0v) is 13.0. The molecule has 5 heteroatoms. The smallest absolute Gasteiger partial charge is 0.164 e. The van der Waals surface area contributed by atoms with E-state index in [1.54, 1.807) is 18.3 Å². The number of fused-ring (bicyclic) bond motifs is 1. The number of nitrogens with zero attached hydrogens (tertiary/aromatic N) is 3. The average molecular weight is 298 g/mol. The number of anilines is 2. The molecule has 0 bridgehead atoms. The Balaban J connectivity index is 0.000000545. The third-order valence-corrected chi connectivity index (χ3v) is 2.71. The van der Waals surface area contributed by atoms with Crippen molar-refractivity contribution >= 4 is 22.5 Å². The Hall–Kier alpha value is -2.56. The largest absolute Gasteiger partial charge is 0.338 e. The second kappa shape index (κ2) is 7.45. The molecule has 4 nitrogen and oxygen atoms in total. The van der Waals surface area contributed by atoms with Crippen molar-refractivity contribution in [2.75, 3.05) is 5.32 Å². The molecule has 0 atom stereocenters. The quantitative estimate of drug-likeness (QED) is 0.749. The molecule has 3 aromatic heterocycles. The maximum atomic E-state index is 13.6. The van der Waals surface area contributed by atoms with E-state index in [1.165, 1.54) is 12.6 Å². The summed E-state index contributed by atoms with van der Waals surface area (Å²) in [5, 5.41) is 2.95. The van der Waals surface area contributed by atoms with Crippen molar-refractivity contribution < 1.29 is 4.39 Å². The molecule has 0 spiro atoms. The van der Waals surface area contributed by atoms with Crippen LogP contribution in [-0.2, 0) is 0 Å². The van der Waals surface area contributed by atoms with Gasteiger partial charge in [0.05, 0.1) is 22.9 Å². The predicted molar refractivity (Wildman–Crippen MR) is 87.7 cm³/mol. The molecule has 0 aromatic carbocycles. The minimum absolute atomic E-state index is 0.364. The summed E-state index contributed by atoms with van der Waals surface area (Å²) in [7, 11) is 0. The standard InChI is InChI=1S/C14H11FN4.C3H8/c1-9-7-13(10(15)8-17-9)19-14-5-4-11-12(18-14)3-2-6-16-11;1-3-2/h2-8H,1H3,(H,17,18,19);3H2,1-2H3. The minimum Gasteiger partial charge on any atom is -0.338 e. The number of nitrogens with one attached hydrogen (secondary N) is 1. The summed E-state index contributed by atoms with van der Waals surface area (Å²) < 4.78 is 13.6. The van der Waals surface area contributed by atoms with Gasteiger partial charge in [0.15, 0.2) is 5.82 Å². The minimum atomic E-state index is -0.404. The summed E-state index contributed by atoms with van der Waals surface area (Å²) in [5.41, 5.74) is 2.67. The van der Waals surface area contributed by atoms with Gasteiger partial charge in [0.1, 0.15) is 5.82 Å². The van der Waals surface area contributed by atoms with Crippen LogP contribution in [0.25, 0.3) is 11.0 Å². The van der Waals surface area contributed by atoms with Gasteiger partial charge in [-0.15, -0.1) is 0 Å². The van der Waals surface area contributed by atoms with E-state index in [9.17, 15) is 4.39 Å². The van der Waals surface area contributed by atoms with Crippen LogP contribution >= 0.6 is 0 Å². The Morgan fingerprint density at radius 2 is 1.86 bits per heavy atom. The fraction of sp³-hybridized carbons (Fsp3) is 0.235. The number of aromatic nitrogens is 3. The molecule has 0 aliphatic carbocycles. The molecule has 0 radical (unpaired) electrons. The highest BCUT2D eigenvalue weighted by Gasteiger charge is 2.05. The van der Waals surface area contributed by atoms with E-state index in [1.807, 2.05) is 25.1 Å². The maximum Gasteiger partial charge on any atom is 0.164 e. The van der Waals surface area contributed by atoms with Gasteiger partial charge in [0.25, 0.3) is 0 Å². The molecule has 0 fully saturated rings. The van der Waals surface area contributed by atoms with E-state index in [0.717, 1.165) is 16.7 Å². The Kier molecular flexibility index (Phi) is 5.36. The van der Waals surface area contributed by atoms with Gasteiger partial charge in [0.2, 0.25) is 0 Å². The second-order valence-electron chi connectivity index (χ2n) is 4.88. The van der Waals surface area contributed by atoms with E-state index in [4.69, 9.17) is 0 Å². The first-order valence-electron chi connectivity index (χ1n) is 7.25. The molecule has 0 unspecified atom stereocenters. The van der Waals surface area contributed by atoms with Crippen LogP contribution in [0.4, 0.5) is 15.9 Å². The first kappa shape index (κ1) is 15.8. The van der Waals surface area contributed by atoms with Gasteiger partial charge in [-0.1, -0.05) is 20.3 Å². The zero-order chi connectivity index (χ0) is 15.9. The van der Waals surface area contributed by atoms with E-state index in [0.29, 0.717) is 11.5 Å². The van der Waals surface area contributed by atoms with E-state index < -0.39 is 5.82 Å². The SMILES string of the molecule is CCC.Cc1cc(Nc2ccc3ncccc3n2)c(F)cn1. The highest BCUT2D eigenvalue weighted by atomic mass is 19.1. The molecule has 0 amide bonds. The molecule has 0 saturated carbocycles. The van der Waals surface area contributed by atoms with Crippen molar-refractivity contribution in [2.24, 2.45) is 0 Å². The summed E-state index contributed by atoms with van der Waals surface area (Å²) in [6.07, 6.45) is 4.16. The lowest BCUT2D eigenvalue weighted by Crippen LogP contribution is -1.98. The lowest BCUT2D eigenvalue weighted by atomic mass is 10.3. The van der Waals surface area contributed by atoms with Crippen LogP contribution in [-0.4, -0.2) is 15.0 Å². The van der Waals surface area contributed by atoms with E-state index in [2.05, 4.69) is 34.1 Å². The fourth-order valence-corrected chi connectivity index (χ4v) is 1.80. The Labute approximate surface area is 129 Å². The normalized spacial score (nSPS) is 10.0. The number of pyridine rings is 3. The van der Waals surface area contributed by atoms with Crippen molar-refractivity contribution in [1.82, 2.24) is 15.0 Å². The number of halogens is 1. The van der Waals surface area contributed by atoms with Gasteiger partial charge in [-0.3, -0.25) is 9.97 Å². The maximum absolute atomic E-state index is 13.6. The van der Waals surface area contributed by atoms with Gasteiger partial charge in [0, 0.05) is 11.9 Å². The summed E-state index contributed by atoms with van der Waals surface area (Å²) >= 11 is 0. The van der Waals surface area contributed by atoms with Crippen LogP contribution in [0.1, 0.15) is 26.0 Å². The molecule has 3 rings (SSSR count). The van der Waals surface area contributed by atoms with Crippen LogP contribution < -0.4 is 5.32 Å². The lowest BCUT2D eigenvalue weighted by Gasteiger charge is -2.07. The summed E-state index contributed by atoms with van der Waals surface area (Å²) in [5.74, 6) is 0.170. The zero-order valence-electron chi connectivity index (χ0n) is 13.0. The third-order valence-electron chi connectivity index (χ3n) is 2.71. The highest BCUT2D eigenvalue weighted by Crippen LogP contribution is 2.20. The molecule has 1 N–H and O–H groups in total. The molecular weight excluding hydrogens is 279 g/mol. The van der Waals surface area contributed by atoms with Crippen molar-refractivity contribution in [2.45, 2.75) is 27.2 Å². The van der Waals surface area contributed by atoms with E-state index >= 15 is 0 Å². The lowest BCUT2D eigenvalue weighted by molar-refractivity contribution is 0.624. The number of rotatable bonds is 2. The molecular formula is C17H19FN4. The van der Waals surface area contributed by atoms with Crippen molar-refractivity contribution in [3.8, 4) is 0 Å². The monoisotopic (exact) mass is 298 g/mol. The topological polar surface area (TPSA) is 50.7 Å². The van der Waals surface area contributed by atoms with E-state index in [-0.39, 0.29) is 0 Å². The van der Waals surface area contributed by atoms with Crippen LogP contribution in [0, 0.1) is 12.7 Å². The van der Waals surface area contributed by atoms with Crippen molar-refractivity contribution in [3.63, 3.8) is 0 Å². The molecule has 22 heavy (non-hydrogen) atoms. The van der Waals surface area contributed by atoms with Gasteiger partial charge in [-0.05, 0) is 37.3 Å².